The quantitative estimate of drug-likeness (QED) is 0.506. The van der Waals surface area contributed by atoms with Gasteiger partial charge in [-0.15, -0.1) is 12.3 Å². The summed E-state index contributed by atoms with van der Waals surface area (Å²) < 4.78 is 5.47. The number of nitrogens with two attached hydrogens (primary N) is 1. The number of terminal acetylenes is 1. The van der Waals surface area contributed by atoms with E-state index in [9.17, 15) is 0 Å². The summed E-state index contributed by atoms with van der Waals surface area (Å²) in [7, 11) is 0. The normalized spacial score (nSPS) is 25.2. The van der Waals surface area contributed by atoms with Gasteiger partial charge in [-0.1, -0.05) is 0 Å². The second-order valence-corrected chi connectivity index (χ2v) is 3.31. The van der Waals surface area contributed by atoms with Gasteiger partial charge in [0.05, 0.1) is 6.10 Å². The zero-order chi connectivity index (χ0) is 8.81. The molecule has 0 amide bonds. The average Bonchev–Trinajstić information content (AvgIpc) is 2.56. The molecule has 1 fully saturated rings. The molecule has 0 saturated carbocycles. The van der Waals surface area contributed by atoms with E-state index in [0.29, 0.717) is 6.10 Å². The van der Waals surface area contributed by atoms with E-state index in [-0.39, 0.29) is 6.04 Å². The summed E-state index contributed by atoms with van der Waals surface area (Å²) in [5.74, 6) is 2.62. The second-order valence-electron chi connectivity index (χ2n) is 3.31. The molecule has 68 valence electrons. The third kappa shape index (κ3) is 2.84. The second kappa shape index (κ2) is 5.18. The Bertz CT molecular complexity index is 156. The molecule has 0 aromatic heterocycles. The minimum absolute atomic E-state index is 0.195. The van der Waals surface area contributed by atoms with Crippen molar-refractivity contribution >= 4 is 0 Å². The van der Waals surface area contributed by atoms with Crippen LogP contribution in [0.4, 0.5) is 0 Å². The SMILES string of the molecule is C#CCCCC(N)C1CCCO1. The lowest BCUT2D eigenvalue weighted by Gasteiger charge is -2.17. The van der Waals surface area contributed by atoms with E-state index >= 15 is 0 Å². The number of unbranched alkanes of at least 4 members (excludes halogenated alkanes) is 1. The summed E-state index contributed by atoms with van der Waals surface area (Å²) in [5, 5.41) is 0. The lowest BCUT2D eigenvalue weighted by Crippen LogP contribution is -2.33. The van der Waals surface area contributed by atoms with Crippen molar-refractivity contribution in [3.63, 3.8) is 0 Å². The summed E-state index contributed by atoms with van der Waals surface area (Å²) >= 11 is 0. The zero-order valence-corrected chi connectivity index (χ0v) is 7.46. The molecule has 1 saturated heterocycles. The van der Waals surface area contributed by atoms with Crippen LogP contribution in [0.3, 0.4) is 0 Å². The van der Waals surface area contributed by atoms with Crippen molar-refractivity contribution in [2.45, 2.75) is 44.2 Å². The van der Waals surface area contributed by atoms with Gasteiger partial charge < -0.3 is 10.5 Å². The molecule has 2 heteroatoms. The van der Waals surface area contributed by atoms with Gasteiger partial charge in [0, 0.05) is 19.1 Å². The Kier molecular flexibility index (Phi) is 4.13. The van der Waals surface area contributed by atoms with Gasteiger partial charge in [-0.25, -0.2) is 0 Å². The highest BCUT2D eigenvalue weighted by Gasteiger charge is 2.21. The number of rotatable bonds is 4. The summed E-state index contributed by atoms with van der Waals surface area (Å²) in [6, 6.07) is 0.195. The van der Waals surface area contributed by atoms with Crippen molar-refractivity contribution < 1.29 is 4.74 Å². The van der Waals surface area contributed by atoms with Crippen molar-refractivity contribution in [3.8, 4) is 12.3 Å². The van der Waals surface area contributed by atoms with E-state index in [4.69, 9.17) is 16.9 Å². The molecule has 2 atom stereocenters. The number of ether oxygens (including phenoxy) is 1. The van der Waals surface area contributed by atoms with Gasteiger partial charge in [0.15, 0.2) is 0 Å². The van der Waals surface area contributed by atoms with Crippen LogP contribution < -0.4 is 5.73 Å². The van der Waals surface area contributed by atoms with Gasteiger partial charge in [0.25, 0.3) is 0 Å². The van der Waals surface area contributed by atoms with E-state index in [0.717, 1.165) is 38.7 Å². The Labute approximate surface area is 74.5 Å². The average molecular weight is 167 g/mol. The molecular weight excluding hydrogens is 150 g/mol. The summed E-state index contributed by atoms with van der Waals surface area (Å²) in [6.45, 7) is 0.882. The fraction of sp³-hybridized carbons (Fsp3) is 0.800. The monoisotopic (exact) mass is 167 g/mol. The Hall–Kier alpha value is -0.520. The maximum Gasteiger partial charge on any atom is 0.0726 e. The highest BCUT2D eigenvalue weighted by atomic mass is 16.5. The predicted molar refractivity (Wildman–Crippen MR) is 49.6 cm³/mol. The standard InChI is InChI=1S/C10H17NO/c1-2-3-4-6-9(11)10-7-5-8-12-10/h1,9-10H,3-8,11H2. The molecule has 12 heavy (non-hydrogen) atoms. The van der Waals surface area contributed by atoms with E-state index in [1.165, 1.54) is 0 Å². The van der Waals surface area contributed by atoms with Crippen molar-refractivity contribution in [2.24, 2.45) is 5.73 Å². The first-order valence-corrected chi connectivity index (χ1v) is 4.65. The third-order valence-electron chi connectivity index (χ3n) is 2.30. The summed E-state index contributed by atoms with van der Waals surface area (Å²) in [4.78, 5) is 0. The Balaban J connectivity index is 2.10. The molecule has 2 N–H and O–H groups in total. The number of hydrogen-bond donors (Lipinski definition) is 1. The van der Waals surface area contributed by atoms with Gasteiger partial charge in [-0.2, -0.15) is 0 Å². The van der Waals surface area contributed by atoms with Gasteiger partial charge in [0.1, 0.15) is 0 Å². The first-order chi connectivity index (χ1) is 5.84. The van der Waals surface area contributed by atoms with Crippen molar-refractivity contribution in [3.05, 3.63) is 0 Å². The van der Waals surface area contributed by atoms with Crippen LogP contribution in [0.1, 0.15) is 32.1 Å². The highest BCUT2D eigenvalue weighted by molar-refractivity contribution is 4.85. The van der Waals surface area contributed by atoms with Gasteiger partial charge >= 0.3 is 0 Å². The molecule has 2 nitrogen and oxygen atoms in total. The van der Waals surface area contributed by atoms with E-state index in [1.54, 1.807) is 0 Å². The van der Waals surface area contributed by atoms with Crippen LogP contribution in [0.25, 0.3) is 0 Å². The maximum atomic E-state index is 5.93. The molecule has 1 heterocycles. The molecule has 0 bridgehead atoms. The molecular formula is C10H17NO. The predicted octanol–water partition coefficient (Wildman–Crippen LogP) is 1.30. The zero-order valence-electron chi connectivity index (χ0n) is 7.46. The van der Waals surface area contributed by atoms with E-state index in [2.05, 4.69) is 5.92 Å². The lowest BCUT2D eigenvalue weighted by atomic mass is 10.0. The molecule has 0 spiro atoms. The third-order valence-corrected chi connectivity index (χ3v) is 2.30. The van der Waals surface area contributed by atoms with Gasteiger partial charge in [-0.3, -0.25) is 0 Å². The van der Waals surface area contributed by atoms with Crippen molar-refractivity contribution in [1.29, 1.82) is 0 Å². The van der Waals surface area contributed by atoms with Crippen LogP contribution in [0.2, 0.25) is 0 Å². The fourth-order valence-corrected chi connectivity index (χ4v) is 1.57. The molecule has 0 aromatic carbocycles. The summed E-state index contributed by atoms with van der Waals surface area (Å²) in [6.07, 6.45) is 10.6. The van der Waals surface area contributed by atoms with Crippen LogP contribution in [0.5, 0.6) is 0 Å². The fourth-order valence-electron chi connectivity index (χ4n) is 1.57. The first kappa shape index (κ1) is 9.57. The van der Waals surface area contributed by atoms with Crippen LogP contribution in [-0.4, -0.2) is 18.8 Å². The Morgan fingerprint density at radius 1 is 1.67 bits per heavy atom. The highest BCUT2D eigenvalue weighted by Crippen LogP contribution is 2.17. The Morgan fingerprint density at radius 2 is 2.50 bits per heavy atom. The topological polar surface area (TPSA) is 35.2 Å². The molecule has 0 aromatic rings. The first-order valence-electron chi connectivity index (χ1n) is 4.65. The van der Waals surface area contributed by atoms with Crippen LogP contribution in [0.15, 0.2) is 0 Å². The van der Waals surface area contributed by atoms with Crippen LogP contribution in [0, 0.1) is 12.3 Å². The summed E-state index contributed by atoms with van der Waals surface area (Å²) in [5.41, 5.74) is 5.93. The van der Waals surface area contributed by atoms with Crippen LogP contribution >= 0.6 is 0 Å². The number of hydrogen-bond acceptors (Lipinski definition) is 2. The van der Waals surface area contributed by atoms with E-state index in [1.807, 2.05) is 0 Å². The smallest absolute Gasteiger partial charge is 0.0726 e. The van der Waals surface area contributed by atoms with Gasteiger partial charge in [-0.05, 0) is 25.7 Å². The minimum atomic E-state index is 0.195. The van der Waals surface area contributed by atoms with Crippen molar-refractivity contribution in [2.75, 3.05) is 6.61 Å². The molecule has 2 unspecified atom stereocenters. The molecule has 1 aliphatic heterocycles. The van der Waals surface area contributed by atoms with E-state index < -0.39 is 0 Å². The minimum Gasteiger partial charge on any atom is -0.377 e. The largest absolute Gasteiger partial charge is 0.377 e. The van der Waals surface area contributed by atoms with Crippen molar-refractivity contribution in [1.82, 2.24) is 0 Å². The van der Waals surface area contributed by atoms with Crippen LogP contribution in [-0.2, 0) is 4.74 Å². The molecule has 0 aliphatic carbocycles. The molecule has 1 aliphatic rings. The molecule has 0 radical (unpaired) electrons. The lowest BCUT2D eigenvalue weighted by molar-refractivity contribution is 0.0871. The Morgan fingerprint density at radius 3 is 3.08 bits per heavy atom. The maximum absolute atomic E-state index is 5.93. The molecule has 1 rings (SSSR count). The van der Waals surface area contributed by atoms with Gasteiger partial charge in [0.2, 0.25) is 0 Å².